The first-order valence-electron chi connectivity index (χ1n) is 5.71. The van der Waals surface area contributed by atoms with Gasteiger partial charge in [0, 0.05) is 11.1 Å². The van der Waals surface area contributed by atoms with E-state index in [1.54, 1.807) is 6.26 Å². The van der Waals surface area contributed by atoms with Gasteiger partial charge < -0.3 is 9.73 Å². The highest BCUT2D eigenvalue weighted by atomic mass is 35.5. The Morgan fingerprint density at radius 2 is 1.94 bits per heavy atom. The molecular formula is C14H16ClNO. The highest BCUT2D eigenvalue weighted by molar-refractivity contribution is 6.30. The molecule has 2 rings (SSSR count). The summed E-state index contributed by atoms with van der Waals surface area (Å²) in [6.07, 6.45) is 1.69. The van der Waals surface area contributed by atoms with Crippen LogP contribution in [0.4, 0.5) is 0 Å². The molecule has 17 heavy (non-hydrogen) atoms. The van der Waals surface area contributed by atoms with Crippen LogP contribution in [0.1, 0.15) is 37.3 Å². The Labute approximate surface area is 107 Å². The molecule has 0 bridgehead atoms. The van der Waals surface area contributed by atoms with E-state index < -0.39 is 0 Å². The third-order valence-electron chi connectivity index (χ3n) is 2.82. The van der Waals surface area contributed by atoms with Crippen molar-refractivity contribution in [1.29, 1.82) is 0 Å². The van der Waals surface area contributed by atoms with Crippen LogP contribution in [-0.2, 0) is 0 Å². The highest BCUT2D eigenvalue weighted by Gasteiger charge is 2.12. The van der Waals surface area contributed by atoms with Crippen LogP contribution in [-0.4, -0.2) is 0 Å². The number of hydrogen-bond acceptors (Lipinski definition) is 2. The van der Waals surface area contributed by atoms with Crippen molar-refractivity contribution in [3.05, 3.63) is 59.0 Å². The number of halogens is 1. The molecule has 0 aliphatic heterocycles. The van der Waals surface area contributed by atoms with Crippen LogP contribution in [0.15, 0.2) is 47.1 Å². The molecule has 0 radical (unpaired) electrons. The van der Waals surface area contributed by atoms with Gasteiger partial charge in [0.05, 0.1) is 12.3 Å². The highest BCUT2D eigenvalue weighted by Crippen LogP contribution is 2.21. The number of benzene rings is 1. The minimum atomic E-state index is 0.180. The van der Waals surface area contributed by atoms with Crippen LogP contribution in [0.5, 0.6) is 0 Å². The average molecular weight is 250 g/mol. The molecule has 0 aliphatic carbocycles. The van der Waals surface area contributed by atoms with Crippen LogP contribution in [0.3, 0.4) is 0 Å². The Morgan fingerprint density at radius 1 is 1.12 bits per heavy atom. The molecule has 0 saturated carbocycles. The van der Waals surface area contributed by atoms with E-state index in [0.717, 1.165) is 10.8 Å². The van der Waals surface area contributed by atoms with Crippen molar-refractivity contribution < 1.29 is 4.42 Å². The van der Waals surface area contributed by atoms with Gasteiger partial charge in [-0.25, -0.2) is 0 Å². The van der Waals surface area contributed by atoms with Gasteiger partial charge in [0.2, 0.25) is 0 Å². The maximum Gasteiger partial charge on any atom is 0.120 e. The monoisotopic (exact) mass is 249 g/mol. The normalized spacial score (nSPS) is 14.5. The molecule has 1 N–H and O–H groups in total. The lowest BCUT2D eigenvalue weighted by atomic mass is 10.1. The molecule has 2 aromatic rings. The molecule has 1 heterocycles. The molecule has 0 spiro atoms. The Balaban J connectivity index is 2.04. The smallest absolute Gasteiger partial charge is 0.120 e. The summed E-state index contributed by atoms with van der Waals surface area (Å²) in [5.41, 5.74) is 1.18. The molecule has 0 aliphatic rings. The second-order valence-electron chi connectivity index (χ2n) is 4.18. The molecule has 2 unspecified atom stereocenters. The van der Waals surface area contributed by atoms with E-state index >= 15 is 0 Å². The van der Waals surface area contributed by atoms with Gasteiger partial charge in [-0.15, -0.1) is 0 Å². The summed E-state index contributed by atoms with van der Waals surface area (Å²) in [6.45, 7) is 4.20. The van der Waals surface area contributed by atoms with Gasteiger partial charge in [0.15, 0.2) is 0 Å². The summed E-state index contributed by atoms with van der Waals surface area (Å²) >= 11 is 5.98. The fraction of sp³-hybridized carbons (Fsp3) is 0.286. The minimum absolute atomic E-state index is 0.180. The van der Waals surface area contributed by atoms with Crippen molar-refractivity contribution in [3.63, 3.8) is 0 Å². The third-order valence-corrected chi connectivity index (χ3v) is 3.05. The van der Waals surface area contributed by atoms with Crippen molar-refractivity contribution in [2.45, 2.75) is 25.9 Å². The van der Waals surface area contributed by atoms with Gasteiger partial charge in [0.25, 0.3) is 0 Å². The lowest BCUT2D eigenvalue weighted by Crippen LogP contribution is -2.22. The fourth-order valence-corrected chi connectivity index (χ4v) is 2.07. The number of nitrogens with one attached hydrogen (secondary N) is 1. The van der Waals surface area contributed by atoms with Gasteiger partial charge >= 0.3 is 0 Å². The molecule has 90 valence electrons. The zero-order chi connectivity index (χ0) is 12.3. The van der Waals surface area contributed by atoms with E-state index in [4.69, 9.17) is 16.0 Å². The predicted octanol–water partition coefficient (Wildman–Crippen LogP) is 4.34. The van der Waals surface area contributed by atoms with Crippen molar-refractivity contribution in [2.24, 2.45) is 0 Å². The summed E-state index contributed by atoms with van der Waals surface area (Å²) in [6, 6.07) is 12.2. The van der Waals surface area contributed by atoms with Crippen molar-refractivity contribution >= 4 is 11.6 Å². The van der Waals surface area contributed by atoms with Gasteiger partial charge in [0.1, 0.15) is 5.76 Å². The van der Waals surface area contributed by atoms with Crippen LogP contribution in [0.25, 0.3) is 0 Å². The van der Waals surface area contributed by atoms with E-state index in [-0.39, 0.29) is 12.1 Å². The molecule has 0 fully saturated rings. The van der Waals surface area contributed by atoms with Crippen LogP contribution >= 0.6 is 11.6 Å². The fourth-order valence-electron chi connectivity index (χ4n) is 1.87. The SMILES string of the molecule is CC(NC(C)c1ccco1)c1cccc(Cl)c1. The maximum atomic E-state index is 5.98. The number of hydrogen-bond donors (Lipinski definition) is 1. The maximum absolute atomic E-state index is 5.98. The first-order valence-corrected chi connectivity index (χ1v) is 6.09. The van der Waals surface area contributed by atoms with E-state index in [1.165, 1.54) is 5.56 Å². The Bertz CT molecular complexity index is 467. The van der Waals surface area contributed by atoms with Gasteiger partial charge in [-0.2, -0.15) is 0 Å². The summed E-state index contributed by atoms with van der Waals surface area (Å²) in [7, 11) is 0. The van der Waals surface area contributed by atoms with E-state index in [9.17, 15) is 0 Å². The van der Waals surface area contributed by atoms with Crippen molar-refractivity contribution in [3.8, 4) is 0 Å². The average Bonchev–Trinajstić information content (AvgIpc) is 2.82. The minimum Gasteiger partial charge on any atom is -0.468 e. The van der Waals surface area contributed by atoms with Crippen molar-refractivity contribution in [2.75, 3.05) is 0 Å². The molecule has 1 aromatic carbocycles. The molecule has 0 amide bonds. The zero-order valence-corrected chi connectivity index (χ0v) is 10.7. The molecule has 3 heteroatoms. The molecular weight excluding hydrogens is 234 g/mol. The topological polar surface area (TPSA) is 25.2 Å². The molecule has 2 nitrogen and oxygen atoms in total. The number of rotatable bonds is 4. The lowest BCUT2D eigenvalue weighted by molar-refractivity contribution is 0.403. The Hall–Kier alpha value is -1.25. The van der Waals surface area contributed by atoms with Gasteiger partial charge in [-0.05, 0) is 43.7 Å². The summed E-state index contributed by atoms with van der Waals surface area (Å²) in [4.78, 5) is 0. The van der Waals surface area contributed by atoms with Crippen LogP contribution < -0.4 is 5.32 Å². The van der Waals surface area contributed by atoms with E-state index in [1.807, 2.05) is 30.3 Å². The quantitative estimate of drug-likeness (QED) is 0.872. The number of furan rings is 1. The van der Waals surface area contributed by atoms with Crippen LogP contribution in [0.2, 0.25) is 5.02 Å². The second kappa shape index (κ2) is 5.39. The van der Waals surface area contributed by atoms with E-state index in [0.29, 0.717) is 0 Å². The van der Waals surface area contributed by atoms with Gasteiger partial charge in [-0.3, -0.25) is 0 Å². The summed E-state index contributed by atoms with van der Waals surface area (Å²) < 4.78 is 5.37. The third kappa shape index (κ3) is 3.11. The Kier molecular flexibility index (Phi) is 3.87. The Morgan fingerprint density at radius 3 is 2.59 bits per heavy atom. The molecule has 1 aromatic heterocycles. The van der Waals surface area contributed by atoms with Gasteiger partial charge in [-0.1, -0.05) is 23.7 Å². The van der Waals surface area contributed by atoms with Crippen molar-refractivity contribution in [1.82, 2.24) is 5.32 Å². The second-order valence-corrected chi connectivity index (χ2v) is 4.62. The zero-order valence-electron chi connectivity index (χ0n) is 9.98. The summed E-state index contributed by atoms with van der Waals surface area (Å²) in [5, 5.41) is 4.24. The first kappa shape index (κ1) is 12.2. The molecule has 2 atom stereocenters. The summed E-state index contributed by atoms with van der Waals surface area (Å²) in [5.74, 6) is 0.943. The predicted molar refractivity (Wildman–Crippen MR) is 70.1 cm³/mol. The van der Waals surface area contributed by atoms with E-state index in [2.05, 4.69) is 25.2 Å². The van der Waals surface area contributed by atoms with Crippen LogP contribution in [0, 0.1) is 0 Å². The molecule has 0 saturated heterocycles. The lowest BCUT2D eigenvalue weighted by Gasteiger charge is -2.19. The standard InChI is InChI=1S/C14H16ClNO/c1-10(12-5-3-6-13(15)9-12)16-11(2)14-7-4-8-17-14/h3-11,16H,1-2H3. The first-order chi connectivity index (χ1) is 8.16. The largest absolute Gasteiger partial charge is 0.468 e.